The molecule has 36 heavy (non-hydrogen) atoms. The molecule has 1 heterocycles. The maximum Gasteiger partial charge on any atom is 0.228 e. The molecule has 0 bridgehead atoms. The highest BCUT2D eigenvalue weighted by Crippen LogP contribution is 2.40. The molecule has 5 aromatic carbocycles. The summed E-state index contributed by atoms with van der Waals surface area (Å²) < 4.78 is 6.60. The van der Waals surface area contributed by atoms with Crippen LogP contribution in [0.15, 0.2) is 150 Å². The van der Waals surface area contributed by atoms with Crippen molar-refractivity contribution in [1.82, 2.24) is 4.98 Å². The van der Waals surface area contributed by atoms with Gasteiger partial charge < -0.3 is 4.42 Å². The van der Waals surface area contributed by atoms with E-state index in [2.05, 4.69) is 109 Å². The number of aromatic nitrogens is 1. The van der Waals surface area contributed by atoms with Crippen LogP contribution in [-0.4, -0.2) is 4.98 Å². The van der Waals surface area contributed by atoms with Gasteiger partial charge in [0.05, 0.1) is 0 Å². The number of nitrogens with zero attached hydrogens (tertiary/aromatic N) is 1. The molecule has 0 saturated heterocycles. The monoisotopic (exact) mass is 481 g/mol. The van der Waals surface area contributed by atoms with Gasteiger partial charge in [0.15, 0.2) is 5.76 Å². The summed E-state index contributed by atoms with van der Waals surface area (Å²) in [5.41, 5.74) is 3.93. The molecule has 0 aliphatic carbocycles. The molecule has 0 N–H and O–H groups in total. The summed E-state index contributed by atoms with van der Waals surface area (Å²) in [6.45, 7) is 0. The van der Waals surface area contributed by atoms with Crippen molar-refractivity contribution < 1.29 is 4.42 Å². The van der Waals surface area contributed by atoms with E-state index in [-0.39, 0.29) is 0 Å². The summed E-state index contributed by atoms with van der Waals surface area (Å²) in [6, 6.07) is 50.5. The molecule has 1 aromatic heterocycles. The summed E-state index contributed by atoms with van der Waals surface area (Å²) >= 11 is 0. The molecule has 3 heteroatoms. The number of hydrogen-bond acceptors (Lipinski definition) is 2. The topological polar surface area (TPSA) is 26.0 Å². The molecule has 0 radical (unpaired) electrons. The van der Waals surface area contributed by atoms with E-state index in [0.29, 0.717) is 5.89 Å². The summed E-state index contributed by atoms with van der Waals surface area (Å²) in [7, 11) is -0.799. The molecule has 0 aliphatic heterocycles. The number of hydrogen-bond donors (Lipinski definition) is 0. The number of oxazole rings is 1. The van der Waals surface area contributed by atoms with Gasteiger partial charge in [-0.3, -0.25) is 0 Å². The van der Waals surface area contributed by atoms with Gasteiger partial charge in [-0.1, -0.05) is 140 Å². The van der Waals surface area contributed by atoms with E-state index >= 15 is 0 Å². The Hall–Kier alpha value is -4.26. The zero-order chi connectivity index (χ0) is 24.2. The Kier molecular flexibility index (Phi) is 6.27. The van der Waals surface area contributed by atoms with Crippen molar-refractivity contribution in [3.8, 4) is 34.0 Å². The lowest BCUT2D eigenvalue weighted by Crippen LogP contribution is -2.22. The molecule has 0 spiro atoms. The second kappa shape index (κ2) is 10.2. The average molecular weight is 482 g/mol. The van der Waals surface area contributed by atoms with Crippen molar-refractivity contribution in [2.45, 2.75) is 0 Å². The van der Waals surface area contributed by atoms with Crippen LogP contribution in [0.3, 0.4) is 0 Å². The van der Waals surface area contributed by atoms with Crippen LogP contribution < -0.4 is 15.9 Å². The molecule has 0 aliphatic rings. The first-order valence-electron chi connectivity index (χ1n) is 12.0. The van der Waals surface area contributed by atoms with Gasteiger partial charge in [0.2, 0.25) is 5.89 Å². The van der Waals surface area contributed by atoms with Gasteiger partial charge >= 0.3 is 0 Å². The molecule has 172 valence electrons. The van der Waals surface area contributed by atoms with Crippen LogP contribution in [0.5, 0.6) is 0 Å². The van der Waals surface area contributed by atoms with Crippen molar-refractivity contribution >= 4 is 23.8 Å². The maximum absolute atomic E-state index is 6.60. The minimum absolute atomic E-state index is 0.641. The van der Waals surface area contributed by atoms with Crippen LogP contribution in [0.25, 0.3) is 34.0 Å². The minimum Gasteiger partial charge on any atom is -0.435 e. The first-order valence-corrected chi connectivity index (χ1v) is 13.3. The molecule has 2 nitrogen and oxygen atoms in total. The van der Waals surface area contributed by atoms with Crippen LogP contribution in [0, 0.1) is 0 Å². The Labute approximate surface area is 212 Å². The van der Waals surface area contributed by atoms with Crippen molar-refractivity contribution in [3.63, 3.8) is 0 Å². The molecule has 0 amide bonds. The van der Waals surface area contributed by atoms with E-state index in [1.165, 1.54) is 15.9 Å². The zero-order valence-electron chi connectivity index (χ0n) is 19.7. The van der Waals surface area contributed by atoms with E-state index in [4.69, 9.17) is 9.40 Å². The van der Waals surface area contributed by atoms with E-state index < -0.39 is 7.92 Å². The average Bonchev–Trinajstić information content (AvgIpc) is 3.41. The first-order chi connectivity index (χ1) is 17.9. The third-order valence-electron chi connectivity index (χ3n) is 6.11. The molecular weight excluding hydrogens is 457 g/mol. The van der Waals surface area contributed by atoms with Gasteiger partial charge in [-0.2, -0.15) is 0 Å². The molecule has 0 saturated carbocycles. The van der Waals surface area contributed by atoms with E-state index in [0.717, 1.165) is 28.1 Å². The molecule has 0 atom stereocenters. The van der Waals surface area contributed by atoms with Crippen LogP contribution in [0.1, 0.15) is 0 Å². The molecule has 6 aromatic rings. The van der Waals surface area contributed by atoms with E-state index in [9.17, 15) is 0 Å². The second-order valence-corrected chi connectivity index (χ2v) is 10.6. The smallest absolute Gasteiger partial charge is 0.228 e. The van der Waals surface area contributed by atoms with Gasteiger partial charge in [-0.25, -0.2) is 4.98 Å². The largest absolute Gasteiger partial charge is 0.435 e. The minimum atomic E-state index is -0.799. The fourth-order valence-corrected chi connectivity index (χ4v) is 6.88. The second-order valence-electron chi connectivity index (χ2n) is 8.45. The normalized spacial score (nSPS) is 11.0. The Morgan fingerprint density at radius 1 is 0.472 bits per heavy atom. The van der Waals surface area contributed by atoms with Crippen molar-refractivity contribution in [3.05, 3.63) is 146 Å². The number of benzene rings is 5. The van der Waals surface area contributed by atoms with Crippen molar-refractivity contribution in [1.29, 1.82) is 0 Å². The SMILES string of the molecule is c1ccc(-c2nc(-c3ccccc3P(c3ccccc3)c3ccccc3)oc2-c2ccccc2)cc1. The Bertz CT molecular complexity index is 1470. The van der Waals surface area contributed by atoms with Crippen LogP contribution in [0.4, 0.5) is 0 Å². The highest BCUT2D eigenvalue weighted by atomic mass is 31.1. The summed E-state index contributed by atoms with van der Waals surface area (Å²) in [5, 5.41) is 3.82. The third kappa shape index (κ3) is 4.40. The van der Waals surface area contributed by atoms with E-state index in [1.807, 2.05) is 36.4 Å². The fourth-order valence-electron chi connectivity index (χ4n) is 4.44. The van der Waals surface area contributed by atoms with Crippen molar-refractivity contribution in [2.24, 2.45) is 0 Å². The molecular formula is C33H24NOP. The lowest BCUT2D eigenvalue weighted by atomic mass is 10.1. The van der Waals surface area contributed by atoms with Gasteiger partial charge in [0, 0.05) is 16.7 Å². The van der Waals surface area contributed by atoms with Crippen LogP contribution in [-0.2, 0) is 0 Å². The van der Waals surface area contributed by atoms with Crippen LogP contribution >= 0.6 is 7.92 Å². The highest BCUT2D eigenvalue weighted by molar-refractivity contribution is 7.80. The summed E-state index contributed by atoms with van der Waals surface area (Å²) in [4.78, 5) is 5.10. The van der Waals surface area contributed by atoms with Gasteiger partial charge in [0.1, 0.15) is 5.69 Å². The maximum atomic E-state index is 6.60. The lowest BCUT2D eigenvalue weighted by Gasteiger charge is -2.21. The molecule has 6 rings (SSSR count). The van der Waals surface area contributed by atoms with Crippen molar-refractivity contribution in [2.75, 3.05) is 0 Å². The fraction of sp³-hybridized carbons (Fsp3) is 0. The van der Waals surface area contributed by atoms with Crippen LogP contribution in [0.2, 0.25) is 0 Å². The Morgan fingerprint density at radius 2 is 0.944 bits per heavy atom. The molecule has 0 fully saturated rings. The summed E-state index contributed by atoms with van der Waals surface area (Å²) in [6.07, 6.45) is 0. The quantitative estimate of drug-likeness (QED) is 0.231. The zero-order valence-corrected chi connectivity index (χ0v) is 20.6. The summed E-state index contributed by atoms with van der Waals surface area (Å²) in [5.74, 6) is 1.43. The van der Waals surface area contributed by atoms with Gasteiger partial charge in [-0.05, 0) is 29.9 Å². The van der Waals surface area contributed by atoms with Gasteiger partial charge in [-0.15, -0.1) is 0 Å². The standard InChI is InChI=1S/C33H24NOP/c1-5-15-25(16-6-1)31-32(26-17-7-2-8-18-26)35-33(34-31)29-23-13-14-24-30(29)36(27-19-9-3-10-20-27)28-21-11-4-12-22-28/h1-24H. The van der Waals surface area contributed by atoms with Gasteiger partial charge in [0.25, 0.3) is 0 Å². The predicted molar refractivity (Wildman–Crippen MR) is 152 cm³/mol. The predicted octanol–water partition coefficient (Wildman–Crippen LogP) is 7.43. The van der Waals surface area contributed by atoms with E-state index in [1.54, 1.807) is 0 Å². The highest BCUT2D eigenvalue weighted by Gasteiger charge is 2.24. The Balaban J connectivity index is 1.56. The lowest BCUT2D eigenvalue weighted by molar-refractivity contribution is 0.589. The third-order valence-corrected chi connectivity index (χ3v) is 8.62. The molecule has 0 unspecified atom stereocenters. The number of rotatable bonds is 6. The Morgan fingerprint density at radius 3 is 1.53 bits per heavy atom. The first kappa shape index (κ1) is 22.2.